The van der Waals surface area contributed by atoms with Crippen molar-refractivity contribution in [1.29, 1.82) is 0 Å². The lowest BCUT2D eigenvalue weighted by Crippen LogP contribution is -2.22. The molecule has 0 atom stereocenters. The standard InChI is InChI=1S/C14H14N2O3/c1-10-4-3-5-13(17)16(10)9-12-7-6-11(8-15-12)14(18)19-2/h3-8H,9H2,1-2H3. The van der Waals surface area contributed by atoms with Crippen LogP contribution in [0.2, 0.25) is 0 Å². The van der Waals surface area contributed by atoms with Crippen LogP contribution in [0.25, 0.3) is 0 Å². The van der Waals surface area contributed by atoms with Crippen LogP contribution in [0.3, 0.4) is 0 Å². The van der Waals surface area contributed by atoms with Gasteiger partial charge in [0.1, 0.15) is 0 Å². The molecule has 5 heteroatoms. The third kappa shape index (κ3) is 2.88. The summed E-state index contributed by atoms with van der Waals surface area (Å²) in [5.41, 5.74) is 1.90. The molecule has 2 rings (SSSR count). The highest BCUT2D eigenvalue weighted by Gasteiger charge is 2.06. The van der Waals surface area contributed by atoms with Crippen molar-refractivity contribution in [2.75, 3.05) is 7.11 Å². The maximum absolute atomic E-state index is 11.7. The first kappa shape index (κ1) is 13.0. The normalized spacial score (nSPS) is 10.2. The molecular formula is C14H14N2O3. The second-order valence-electron chi connectivity index (χ2n) is 4.12. The maximum Gasteiger partial charge on any atom is 0.339 e. The van der Waals surface area contributed by atoms with Gasteiger partial charge in [0.2, 0.25) is 0 Å². The molecular weight excluding hydrogens is 244 g/mol. The predicted octanol–water partition coefficient (Wildman–Crippen LogP) is 1.39. The van der Waals surface area contributed by atoms with E-state index in [2.05, 4.69) is 9.72 Å². The van der Waals surface area contributed by atoms with Crippen LogP contribution >= 0.6 is 0 Å². The second kappa shape index (κ2) is 5.48. The molecule has 0 aliphatic carbocycles. The number of aromatic nitrogens is 2. The monoisotopic (exact) mass is 258 g/mol. The van der Waals surface area contributed by atoms with E-state index in [0.29, 0.717) is 17.8 Å². The minimum atomic E-state index is -0.424. The van der Waals surface area contributed by atoms with Crippen molar-refractivity contribution in [2.45, 2.75) is 13.5 Å². The van der Waals surface area contributed by atoms with E-state index in [4.69, 9.17) is 0 Å². The van der Waals surface area contributed by atoms with Gasteiger partial charge in [-0.3, -0.25) is 9.78 Å². The van der Waals surface area contributed by atoms with E-state index in [1.165, 1.54) is 19.4 Å². The lowest BCUT2D eigenvalue weighted by molar-refractivity contribution is 0.0600. The number of esters is 1. The molecule has 2 heterocycles. The Hall–Kier alpha value is -2.43. The minimum Gasteiger partial charge on any atom is -0.465 e. The van der Waals surface area contributed by atoms with Crippen molar-refractivity contribution in [3.63, 3.8) is 0 Å². The number of carbonyl (C=O) groups excluding carboxylic acids is 1. The fourth-order valence-corrected chi connectivity index (χ4v) is 1.74. The maximum atomic E-state index is 11.7. The van der Waals surface area contributed by atoms with E-state index in [0.717, 1.165) is 5.69 Å². The van der Waals surface area contributed by atoms with E-state index < -0.39 is 5.97 Å². The smallest absolute Gasteiger partial charge is 0.339 e. The first-order valence-electron chi connectivity index (χ1n) is 5.81. The number of aryl methyl sites for hydroxylation is 1. The zero-order valence-corrected chi connectivity index (χ0v) is 10.8. The zero-order chi connectivity index (χ0) is 13.8. The summed E-state index contributed by atoms with van der Waals surface area (Å²) >= 11 is 0. The molecule has 0 fully saturated rings. The van der Waals surface area contributed by atoms with Crippen molar-refractivity contribution in [3.8, 4) is 0 Å². The molecule has 0 radical (unpaired) electrons. The molecule has 0 aromatic carbocycles. The van der Waals surface area contributed by atoms with E-state index in [9.17, 15) is 9.59 Å². The molecule has 0 aliphatic heterocycles. The van der Waals surface area contributed by atoms with Gasteiger partial charge in [-0.1, -0.05) is 6.07 Å². The summed E-state index contributed by atoms with van der Waals surface area (Å²) in [5, 5.41) is 0. The Morgan fingerprint density at radius 2 is 2.11 bits per heavy atom. The number of hydrogen-bond acceptors (Lipinski definition) is 4. The van der Waals surface area contributed by atoms with Gasteiger partial charge in [0.25, 0.3) is 5.56 Å². The molecule has 0 saturated carbocycles. The molecule has 0 spiro atoms. The summed E-state index contributed by atoms with van der Waals surface area (Å²) in [6.07, 6.45) is 1.45. The van der Waals surface area contributed by atoms with Gasteiger partial charge in [-0.2, -0.15) is 0 Å². The van der Waals surface area contributed by atoms with E-state index in [1.807, 2.05) is 13.0 Å². The van der Waals surface area contributed by atoms with E-state index in [-0.39, 0.29) is 5.56 Å². The molecule has 0 unspecified atom stereocenters. The molecule has 0 saturated heterocycles. The molecule has 0 N–H and O–H groups in total. The molecule has 0 amide bonds. The summed E-state index contributed by atoms with van der Waals surface area (Å²) in [6.45, 7) is 2.25. The van der Waals surface area contributed by atoms with Gasteiger partial charge < -0.3 is 9.30 Å². The summed E-state index contributed by atoms with van der Waals surface area (Å²) in [6, 6.07) is 8.45. The van der Waals surface area contributed by atoms with Crippen LogP contribution < -0.4 is 5.56 Å². The van der Waals surface area contributed by atoms with Crippen molar-refractivity contribution >= 4 is 5.97 Å². The molecule has 0 bridgehead atoms. The molecule has 2 aromatic heterocycles. The van der Waals surface area contributed by atoms with Crippen LogP contribution in [-0.4, -0.2) is 22.6 Å². The van der Waals surface area contributed by atoms with Crippen LogP contribution in [0.1, 0.15) is 21.7 Å². The number of carbonyl (C=O) groups is 1. The number of nitrogens with zero attached hydrogens (tertiary/aromatic N) is 2. The Balaban J connectivity index is 2.25. The van der Waals surface area contributed by atoms with Crippen molar-refractivity contribution < 1.29 is 9.53 Å². The van der Waals surface area contributed by atoms with Crippen LogP contribution in [0.5, 0.6) is 0 Å². The van der Waals surface area contributed by atoms with Crippen molar-refractivity contribution in [3.05, 3.63) is 63.8 Å². The summed E-state index contributed by atoms with van der Waals surface area (Å²) < 4.78 is 6.22. The average Bonchev–Trinajstić information content (AvgIpc) is 2.43. The lowest BCUT2D eigenvalue weighted by atomic mass is 10.2. The summed E-state index contributed by atoms with van der Waals surface area (Å²) in [4.78, 5) is 27.2. The highest BCUT2D eigenvalue weighted by atomic mass is 16.5. The van der Waals surface area contributed by atoms with Gasteiger partial charge in [0, 0.05) is 18.0 Å². The number of ether oxygens (including phenoxy) is 1. The number of pyridine rings is 2. The van der Waals surface area contributed by atoms with Crippen LogP contribution in [-0.2, 0) is 11.3 Å². The quantitative estimate of drug-likeness (QED) is 0.780. The van der Waals surface area contributed by atoms with Gasteiger partial charge in [-0.05, 0) is 25.1 Å². The van der Waals surface area contributed by atoms with E-state index in [1.54, 1.807) is 22.8 Å². The van der Waals surface area contributed by atoms with Gasteiger partial charge in [-0.25, -0.2) is 4.79 Å². The Morgan fingerprint density at radius 3 is 2.68 bits per heavy atom. The zero-order valence-electron chi connectivity index (χ0n) is 10.8. The Morgan fingerprint density at radius 1 is 1.32 bits per heavy atom. The van der Waals surface area contributed by atoms with Gasteiger partial charge in [0.15, 0.2) is 0 Å². The second-order valence-corrected chi connectivity index (χ2v) is 4.12. The third-order valence-corrected chi connectivity index (χ3v) is 2.83. The van der Waals surface area contributed by atoms with Gasteiger partial charge in [0.05, 0.1) is 24.9 Å². The first-order valence-corrected chi connectivity index (χ1v) is 5.81. The molecule has 0 aliphatic rings. The summed E-state index contributed by atoms with van der Waals surface area (Å²) in [7, 11) is 1.32. The van der Waals surface area contributed by atoms with Crippen molar-refractivity contribution in [2.24, 2.45) is 0 Å². The van der Waals surface area contributed by atoms with Gasteiger partial charge in [-0.15, -0.1) is 0 Å². The van der Waals surface area contributed by atoms with Crippen LogP contribution in [0.4, 0.5) is 0 Å². The SMILES string of the molecule is COC(=O)c1ccc(Cn2c(C)cccc2=O)nc1. The Bertz CT molecular complexity index is 644. The highest BCUT2D eigenvalue weighted by molar-refractivity contribution is 5.88. The fourth-order valence-electron chi connectivity index (χ4n) is 1.74. The number of methoxy groups -OCH3 is 1. The average molecular weight is 258 g/mol. The fraction of sp³-hybridized carbons (Fsp3) is 0.214. The molecule has 19 heavy (non-hydrogen) atoms. The lowest BCUT2D eigenvalue weighted by Gasteiger charge is -2.08. The van der Waals surface area contributed by atoms with Crippen LogP contribution in [0, 0.1) is 6.92 Å². The topological polar surface area (TPSA) is 61.2 Å². The number of hydrogen-bond donors (Lipinski definition) is 0. The predicted molar refractivity (Wildman–Crippen MR) is 70.1 cm³/mol. The number of rotatable bonds is 3. The molecule has 5 nitrogen and oxygen atoms in total. The molecule has 2 aromatic rings. The van der Waals surface area contributed by atoms with Crippen LogP contribution in [0.15, 0.2) is 41.3 Å². The first-order chi connectivity index (χ1) is 9.11. The van der Waals surface area contributed by atoms with E-state index >= 15 is 0 Å². The van der Waals surface area contributed by atoms with Gasteiger partial charge >= 0.3 is 5.97 Å². The summed E-state index contributed by atoms with van der Waals surface area (Å²) in [5.74, 6) is -0.424. The molecule has 98 valence electrons. The highest BCUT2D eigenvalue weighted by Crippen LogP contribution is 2.04. The largest absolute Gasteiger partial charge is 0.465 e. The minimum absolute atomic E-state index is 0.0705. The van der Waals surface area contributed by atoms with Crippen molar-refractivity contribution in [1.82, 2.24) is 9.55 Å². The third-order valence-electron chi connectivity index (χ3n) is 2.83. The Kier molecular flexibility index (Phi) is 3.75. The Labute approximate surface area is 110 Å².